The zero-order chi connectivity index (χ0) is 19.5. The highest BCUT2D eigenvalue weighted by Gasteiger charge is 2.23. The van der Waals surface area contributed by atoms with Crippen LogP contribution in [0.5, 0.6) is 5.75 Å². The van der Waals surface area contributed by atoms with Crippen molar-refractivity contribution in [3.8, 4) is 5.75 Å². The fraction of sp³-hybridized carbons (Fsp3) is 0.400. The first-order valence-electron chi connectivity index (χ1n) is 9.57. The molecule has 1 saturated heterocycles. The van der Waals surface area contributed by atoms with Crippen LogP contribution in [-0.4, -0.2) is 63.7 Å². The average molecular weight is 380 g/mol. The molecule has 2 aromatic heterocycles. The Bertz CT molecular complexity index is 960. The monoisotopic (exact) mass is 380 g/mol. The summed E-state index contributed by atoms with van der Waals surface area (Å²) in [4.78, 5) is 21.5. The standard InChI is InChI=1S/C20H24N6O2/c1-3-4-16-13-18(22-20-23-21-14-26(16)20)24-9-11-25(12-10-24)19(27)15-5-7-17(28-2)8-6-15/h5-8,13-14H,3-4,9-12H2,1-2H3. The Hall–Kier alpha value is -3.16. The van der Waals surface area contributed by atoms with E-state index in [0.29, 0.717) is 24.4 Å². The number of ether oxygens (including phenoxy) is 1. The number of methoxy groups -OCH3 is 1. The molecular weight excluding hydrogens is 356 g/mol. The van der Waals surface area contributed by atoms with Crippen molar-refractivity contribution in [1.29, 1.82) is 0 Å². The normalized spacial score (nSPS) is 14.5. The minimum absolute atomic E-state index is 0.0508. The maximum absolute atomic E-state index is 12.8. The van der Waals surface area contributed by atoms with Crippen LogP contribution in [0.2, 0.25) is 0 Å². The minimum atomic E-state index is 0.0508. The molecule has 0 bridgehead atoms. The summed E-state index contributed by atoms with van der Waals surface area (Å²) in [5.41, 5.74) is 1.84. The quantitative estimate of drug-likeness (QED) is 0.674. The average Bonchev–Trinajstić information content (AvgIpc) is 3.23. The van der Waals surface area contributed by atoms with Gasteiger partial charge in [0.1, 0.15) is 17.9 Å². The smallest absolute Gasteiger partial charge is 0.256 e. The fourth-order valence-corrected chi connectivity index (χ4v) is 3.53. The van der Waals surface area contributed by atoms with Gasteiger partial charge in [0.05, 0.1) is 7.11 Å². The number of fused-ring (bicyclic) bond motifs is 1. The number of amides is 1. The molecule has 0 aliphatic carbocycles. The molecule has 1 amide bonds. The van der Waals surface area contributed by atoms with E-state index in [9.17, 15) is 4.79 Å². The third-order valence-electron chi connectivity index (χ3n) is 5.08. The first-order valence-corrected chi connectivity index (χ1v) is 9.57. The van der Waals surface area contributed by atoms with E-state index in [1.807, 2.05) is 33.6 Å². The third kappa shape index (κ3) is 3.49. The highest BCUT2D eigenvalue weighted by Crippen LogP contribution is 2.19. The predicted octanol–water partition coefficient (Wildman–Crippen LogP) is 2.05. The molecule has 0 atom stereocenters. The number of anilines is 1. The van der Waals surface area contributed by atoms with Crippen molar-refractivity contribution in [3.05, 3.63) is 47.9 Å². The van der Waals surface area contributed by atoms with Gasteiger partial charge in [-0.05, 0) is 30.7 Å². The molecule has 0 radical (unpaired) electrons. The van der Waals surface area contributed by atoms with Crippen molar-refractivity contribution in [2.45, 2.75) is 19.8 Å². The van der Waals surface area contributed by atoms with Gasteiger partial charge in [-0.1, -0.05) is 13.3 Å². The molecule has 1 fully saturated rings. The molecule has 8 nitrogen and oxygen atoms in total. The lowest BCUT2D eigenvalue weighted by molar-refractivity contribution is 0.0746. The number of carbonyl (C=O) groups excluding carboxylic acids is 1. The van der Waals surface area contributed by atoms with E-state index in [4.69, 9.17) is 4.74 Å². The van der Waals surface area contributed by atoms with Crippen molar-refractivity contribution in [2.24, 2.45) is 0 Å². The highest BCUT2D eigenvalue weighted by atomic mass is 16.5. The number of rotatable bonds is 5. The summed E-state index contributed by atoms with van der Waals surface area (Å²) in [6.07, 6.45) is 3.70. The largest absolute Gasteiger partial charge is 0.497 e. The SMILES string of the molecule is CCCc1cc(N2CCN(C(=O)c3ccc(OC)cc3)CC2)nc2nncn12. The van der Waals surface area contributed by atoms with Gasteiger partial charge in [0.2, 0.25) is 0 Å². The van der Waals surface area contributed by atoms with E-state index in [1.165, 1.54) is 0 Å². The van der Waals surface area contributed by atoms with Crippen LogP contribution in [-0.2, 0) is 6.42 Å². The lowest BCUT2D eigenvalue weighted by Crippen LogP contribution is -2.49. The highest BCUT2D eigenvalue weighted by molar-refractivity contribution is 5.94. The lowest BCUT2D eigenvalue weighted by atomic mass is 10.1. The Labute approximate surface area is 163 Å². The number of hydrogen-bond acceptors (Lipinski definition) is 6. The fourth-order valence-electron chi connectivity index (χ4n) is 3.53. The number of aryl methyl sites for hydroxylation is 1. The van der Waals surface area contributed by atoms with Crippen LogP contribution in [0.1, 0.15) is 29.4 Å². The van der Waals surface area contributed by atoms with Crippen LogP contribution in [0, 0.1) is 0 Å². The topological polar surface area (TPSA) is 75.9 Å². The summed E-state index contributed by atoms with van der Waals surface area (Å²) in [5.74, 6) is 2.33. The van der Waals surface area contributed by atoms with Crippen molar-refractivity contribution in [1.82, 2.24) is 24.5 Å². The second-order valence-electron chi connectivity index (χ2n) is 6.86. The van der Waals surface area contributed by atoms with Crippen molar-refractivity contribution in [2.75, 3.05) is 38.2 Å². The van der Waals surface area contributed by atoms with Gasteiger partial charge in [0.15, 0.2) is 0 Å². The van der Waals surface area contributed by atoms with E-state index in [-0.39, 0.29) is 5.91 Å². The lowest BCUT2D eigenvalue weighted by Gasteiger charge is -2.35. The van der Waals surface area contributed by atoms with E-state index < -0.39 is 0 Å². The zero-order valence-electron chi connectivity index (χ0n) is 16.2. The molecule has 0 spiro atoms. The van der Waals surface area contributed by atoms with Crippen molar-refractivity contribution < 1.29 is 9.53 Å². The van der Waals surface area contributed by atoms with Gasteiger partial charge in [0, 0.05) is 43.5 Å². The van der Waals surface area contributed by atoms with Crippen LogP contribution >= 0.6 is 0 Å². The van der Waals surface area contributed by atoms with Crippen LogP contribution in [0.25, 0.3) is 5.78 Å². The van der Waals surface area contributed by atoms with Gasteiger partial charge in [-0.25, -0.2) is 0 Å². The van der Waals surface area contributed by atoms with Crippen LogP contribution in [0.4, 0.5) is 5.82 Å². The van der Waals surface area contributed by atoms with E-state index in [2.05, 4.69) is 33.1 Å². The zero-order valence-corrected chi connectivity index (χ0v) is 16.2. The number of aromatic nitrogens is 4. The summed E-state index contributed by atoms with van der Waals surface area (Å²) in [5, 5.41) is 8.10. The Balaban J connectivity index is 1.46. The molecule has 1 aliphatic heterocycles. The molecule has 28 heavy (non-hydrogen) atoms. The van der Waals surface area contributed by atoms with Crippen LogP contribution < -0.4 is 9.64 Å². The van der Waals surface area contributed by atoms with Crippen molar-refractivity contribution in [3.63, 3.8) is 0 Å². The molecule has 1 aromatic carbocycles. The number of piperazine rings is 1. The maximum atomic E-state index is 12.8. The summed E-state index contributed by atoms with van der Waals surface area (Å²) in [6.45, 7) is 4.95. The summed E-state index contributed by atoms with van der Waals surface area (Å²) in [6, 6.07) is 9.37. The van der Waals surface area contributed by atoms with Crippen LogP contribution in [0.15, 0.2) is 36.7 Å². The molecular formula is C20H24N6O2. The van der Waals surface area contributed by atoms with Crippen molar-refractivity contribution >= 4 is 17.5 Å². The molecule has 8 heteroatoms. The molecule has 0 unspecified atom stereocenters. The van der Waals surface area contributed by atoms with Gasteiger partial charge < -0.3 is 14.5 Å². The van der Waals surface area contributed by atoms with Gasteiger partial charge >= 0.3 is 0 Å². The van der Waals surface area contributed by atoms with Gasteiger partial charge in [-0.2, -0.15) is 4.98 Å². The third-order valence-corrected chi connectivity index (χ3v) is 5.08. The second kappa shape index (κ2) is 7.84. The molecule has 146 valence electrons. The van der Waals surface area contributed by atoms with Gasteiger partial charge in [-0.15, -0.1) is 10.2 Å². The number of nitrogens with zero attached hydrogens (tertiary/aromatic N) is 6. The molecule has 0 N–H and O–H groups in total. The van der Waals surface area contributed by atoms with Gasteiger partial charge in [0.25, 0.3) is 11.7 Å². The predicted molar refractivity (Wildman–Crippen MR) is 106 cm³/mol. The van der Waals surface area contributed by atoms with Gasteiger partial charge in [-0.3, -0.25) is 9.20 Å². The van der Waals surface area contributed by atoms with Crippen LogP contribution in [0.3, 0.4) is 0 Å². The molecule has 4 rings (SSSR count). The Morgan fingerprint density at radius 1 is 1.14 bits per heavy atom. The number of benzene rings is 1. The Morgan fingerprint density at radius 2 is 1.89 bits per heavy atom. The Morgan fingerprint density at radius 3 is 2.57 bits per heavy atom. The molecule has 0 saturated carbocycles. The van der Waals surface area contributed by atoms with E-state index in [1.54, 1.807) is 13.4 Å². The van der Waals surface area contributed by atoms with E-state index in [0.717, 1.165) is 43.2 Å². The first kappa shape index (κ1) is 18.2. The minimum Gasteiger partial charge on any atom is -0.497 e. The summed E-state index contributed by atoms with van der Waals surface area (Å²) < 4.78 is 7.10. The first-order chi connectivity index (χ1) is 13.7. The number of hydrogen-bond donors (Lipinski definition) is 0. The molecule has 3 aromatic rings. The maximum Gasteiger partial charge on any atom is 0.256 e. The molecule has 3 heterocycles. The summed E-state index contributed by atoms with van der Waals surface area (Å²) in [7, 11) is 1.62. The van der Waals surface area contributed by atoms with E-state index >= 15 is 0 Å². The summed E-state index contributed by atoms with van der Waals surface area (Å²) >= 11 is 0. The number of carbonyl (C=O) groups is 1. The molecule has 1 aliphatic rings. The Kier molecular flexibility index (Phi) is 5.10. The second-order valence-corrected chi connectivity index (χ2v) is 6.86.